The number of nitrogens with two attached hydrogens (primary N) is 1. The van der Waals surface area contributed by atoms with E-state index in [-0.39, 0.29) is 12.4 Å². The Bertz CT molecular complexity index is 923. The average Bonchev–Trinajstić information content (AvgIpc) is 3.09. The van der Waals surface area contributed by atoms with Crippen LogP contribution in [0.3, 0.4) is 0 Å². The molecular formula is C21H22ClFN2O2. The summed E-state index contributed by atoms with van der Waals surface area (Å²) in [5.74, 6) is 0.897. The summed E-state index contributed by atoms with van der Waals surface area (Å²) in [6.07, 6.45) is 2.02. The molecule has 0 aliphatic carbocycles. The Labute approximate surface area is 163 Å². The molecule has 0 saturated carbocycles. The standard InChI is InChI=1S/C21H22ClFN2O2/c1-3-4-9-26-19-10-13(2)16(11-17(19)22)21-20(18(12-24)25-27-21)14-5-7-15(23)8-6-14/h5-8,10-11H,3-4,9,12,24H2,1-2H3. The molecule has 0 fully saturated rings. The van der Waals surface area contributed by atoms with E-state index >= 15 is 0 Å². The van der Waals surface area contributed by atoms with E-state index in [2.05, 4.69) is 12.1 Å². The third kappa shape index (κ3) is 4.15. The van der Waals surface area contributed by atoms with Crippen molar-refractivity contribution in [2.75, 3.05) is 6.61 Å². The molecule has 27 heavy (non-hydrogen) atoms. The lowest BCUT2D eigenvalue weighted by Crippen LogP contribution is -1.99. The van der Waals surface area contributed by atoms with Gasteiger partial charge in [0.25, 0.3) is 0 Å². The molecule has 0 bridgehead atoms. The lowest BCUT2D eigenvalue weighted by molar-refractivity contribution is 0.309. The molecule has 0 unspecified atom stereocenters. The van der Waals surface area contributed by atoms with Gasteiger partial charge >= 0.3 is 0 Å². The molecule has 1 aromatic heterocycles. The molecule has 0 saturated heterocycles. The number of hydrogen-bond acceptors (Lipinski definition) is 4. The maximum absolute atomic E-state index is 13.3. The monoisotopic (exact) mass is 388 g/mol. The van der Waals surface area contributed by atoms with E-state index in [1.807, 2.05) is 19.1 Å². The first kappa shape index (κ1) is 19.4. The number of unbranched alkanes of at least 4 members (excludes halogenated alkanes) is 1. The van der Waals surface area contributed by atoms with E-state index in [1.54, 1.807) is 12.1 Å². The zero-order valence-corrected chi connectivity index (χ0v) is 16.1. The van der Waals surface area contributed by atoms with Gasteiger partial charge in [0, 0.05) is 12.1 Å². The third-order valence-corrected chi connectivity index (χ3v) is 4.66. The highest BCUT2D eigenvalue weighted by Gasteiger charge is 2.21. The van der Waals surface area contributed by atoms with Crippen LogP contribution < -0.4 is 10.5 Å². The zero-order valence-electron chi connectivity index (χ0n) is 15.4. The van der Waals surface area contributed by atoms with Crippen LogP contribution in [-0.4, -0.2) is 11.8 Å². The molecule has 4 nitrogen and oxygen atoms in total. The minimum Gasteiger partial charge on any atom is -0.492 e. The van der Waals surface area contributed by atoms with Crippen LogP contribution in [0.2, 0.25) is 5.02 Å². The Morgan fingerprint density at radius 2 is 1.96 bits per heavy atom. The number of ether oxygens (including phenoxy) is 1. The van der Waals surface area contributed by atoms with Gasteiger partial charge in [-0.3, -0.25) is 0 Å². The summed E-state index contributed by atoms with van der Waals surface area (Å²) in [6, 6.07) is 9.87. The predicted octanol–water partition coefficient (Wildman–Crippen LogP) is 5.75. The fourth-order valence-electron chi connectivity index (χ4n) is 2.90. The summed E-state index contributed by atoms with van der Waals surface area (Å²) in [6.45, 7) is 4.89. The van der Waals surface area contributed by atoms with Gasteiger partial charge in [0.05, 0.1) is 17.2 Å². The molecule has 1 heterocycles. The van der Waals surface area contributed by atoms with Crippen LogP contribution >= 0.6 is 11.6 Å². The molecule has 0 spiro atoms. The Hall–Kier alpha value is -2.37. The van der Waals surface area contributed by atoms with E-state index in [9.17, 15) is 4.39 Å². The van der Waals surface area contributed by atoms with Gasteiger partial charge in [0.1, 0.15) is 17.3 Å². The van der Waals surface area contributed by atoms with Crippen molar-refractivity contribution in [3.05, 3.63) is 58.5 Å². The molecular weight excluding hydrogens is 367 g/mol. The maximum atomic E-state index is 13.3. The van der Waals surface area contributed by atoms with Gasteiger partial charge in [-0.25, -0.2) is 4.39 Å². The van der Waals surface area contributed by atoms with Gasteiger partial charge in [-0.15, -0.1) is 0 Å². The van der Waals surface area contributed by atoms with Crippen molar-refractivity contribution >= 4 is 11.6 Å². The van der Waals surface area contributed by atoms with E-state index in [4.69, 9.17) is 26.6 Å². The molecule has 0 aliphatic rings. The van der Waals surface area contributed by atoms with Gasteiger partial charge in [-0.1, -0.05) is 42.2 Å². The average molecular weight is 389 g/mol. The maximum Gasteiger partial charge on any atom is 0.175 e. The van der Waals surface area contributed by atoms with E-state index in [0.29, 0.717) is 28.8 Å². The van der Waals surface area contributed by atoms with Gasteiger partial charge in [-0.2, -0.15) is 0 Å². The molecule has 3 aromatic rings. The molecule has 0 aliphatic heterocycles. The highest BCUT2D eigenvalue weighted by atomic mass is 35.5. The summed E-state index contributed by atoms with van der Waals surface area (Å²) in [7, 11) is 0. The Balaban J connectivity index is 2.05. The van der Waals surface area contributed by atoms with Crippen molar-refractivity contribution in [1.29, 1.82) is 0 Å². The highest BCUT2D eigenvalue weighted by molar-refractivity contribution is 6.32. The molecule has 0 atom stereocenters. The number of benzene rings is 2. The normalized spacial score (nSPS) is 11.0. The van der Waals surface area contributed by atoms with Crippen LogP contribution in [0.15, 0.2) is 40.9 Å². The molecule has 0 amide bonds. The molecule has 6 heteroatoms. The van der Waals surface area contributed by atoms with Gasteiger partial charge in [0.15, 0.2) is 5.76 Å². The number of halogens is 2. The van der Waals surface area contributed by atoms with Crippen molar-refractivity contribution < 1.29 is 13.7 Å². The first-order valence-corrected chi connectivity index (χ1v) is 9.30. The second kappa shape index (κ2) is 8.55. The van der Waals surface area contributed by atoms with Crippen LogP contribution in [0.4, 0.5) is 4.39 Å². The van der Waals surface area contributed by atoms with Crippen LogP contribution in [0.1, 0.15) is 31.0 Å². The predicted molar refractivity (Wildman–Crippen MR) is 105 cm³/mol. The Morgan fingerprint density at radius 3 is 2.63 bits per heavy atom. The molecule has 0 radical (unpaired) electrons. The quantitative estimate of drug-likeness (QED) is 0.523. The second-order valence-corrected chi connectivity index (χ2v) is 6.75. The summed E-state index contributed by atoms with van der Waals surface area (Å²) in [5.41, 5.74) is 9.70. The lowest BCUT2D eigenvalue weighted by Gasteiger charge is -2.12. The van der Waals surface area contributed by atoms with E-state index in [0.717, 1.165) is 35.1 Å². The lowest BCUT2D eigenvalue weighted by atomic mass is 9.97. The fraction of sp³-hybridized carbons (Fsp3) is 0.286. The van der Waals surface area contributed by atoms with Crippen molar-refractivity contribution in [2.24, 2.45) is 5.73 Å². The van der Waals surface area contributed by atoms with Crippen LogP contribution in [0.25, 0.3) is 22.5 Å². The number of nitrogens with zero attached hydrogens (tertiary/aromatic N) is 1. The Kier molecular flexibility index (Phi) is 6.14. The zero-order chi connectivity index (χ0) is 19.4. The van der Waals surface area contributed by atoms with Crippen molar-refractivity contribution in [2.45, 2.75) is 33.2 Å². The van der Waals surface area contributed by atoms with Crippen molar-refractivity contribution in [3.8, 4) is 28.2 Å². The molecule has 2 aromatic carbocycles. The first-order chi connectivity index (χ1) is 13.0. The number of aromatic nitrogens is 1. The summed E-state index contributed by atoms with van der Waals surface area (Å²) < 4.78 is 24.7. The summed E-state index contributed by atoms with van der Waals surface area (Å²) in [4.78, 5) is 0. The minimum absolute atomic E-state index is 0.210. The molecule has 2 N–H and O–H groups in total. The molecule has 142 valence electrons. The summed E-state index contributed by atoms with van der Waals surface area (Å²) in [5, 5.41) is 4.60. The Morgan fingerprint density at radius 1 is 1.22 bits per heavy atom. The largest absolute Gasteiger partial charge is 0.492 e. The SMILES string of the molecule is CCCCOc1cc(C)c(-c2onc(CN)c2-c2ccc(F)cc2)cc1Cl. The summed E-state index contributed by atoms with van der Waals surface area (Å²) >= 11 is 6.43. The fourth-order valence-corrected chi connectivity index (χ4v) is 3.12. The highest BCUT2D eigenvalue weighted by Crippen LogP contribution is 2.40. The number of aryl methyl sites for hydroxylation is 1. The topological polar surface area (TPSA) is 61.3 Å². The van der Waals surface area contributed by atoms with Gasteiger partial charge in [-0.05, 0) is 48.7 Å². The first-order valence-electron chi connectivity index (χ1n) is 8.93. The second-order valence-electron chi connectivity index (χ2n) is 6.34. The van der Waals surface area contributed by atoms with Gasteiger partial charge in [0.2, 0.25) is 0 Å². The van der Waals surface area contributed by atoms with Crippen LogP contribution in [-0.2, 0) is 6.54 Å². The van der Waals surface area contributed by atoms with Crippen molar-refractivity contribution in [3.63, 3.8) is 0 Å². The van der Waals surface area contributed by atoms with Crippen LogP contribution in [0.5, 0.6) is 5.75 Å². The van der Waals surface area contributed by atoms with E-state index in [1.165, 1.54) is 12.1 Å². The number of rotatable bonds is 7. The van der Waals surface area contributed by atoms with Crippen molar-refractivity contribution in [1.82, 2.24) is 5.16 Å². The van der Waals surface area contributed by atoms with E-state index < -0.39 is 0 Å². The van der Waals surface area contributed by atoms with Crippen LogP contribution in [0, 0.1) is 12.7 Å². The smallest absolute Gasteiger partial charge is 0.175 e. The van der Waals surface area contributed by atoms with Gasteiger partial charge < -0.3 is 15.0 Å². The molecule has 3 rings (SSSR count). The third-order valence-electron chi connectivity index (χ3n) is 4.37. The number of hydrogen-bond donors (Lipinski definition) is 1. The minimum atomic E-state index is -0.307.